The molecule has 0 aliphatic rings. The zero-order valence-electron chi connectivity index (χ0n) is 20.0. The number of aryl methyl sites for hydroxylation is 3. The van der Waals surface area contributed by atoms with E-state index in [2.05, 4.69) is 0 Å². The number of nitrogens with zero attached hydrogens (tertiary/aromatic N) is 1. The normalized spacial score (nSPS) is 10.9. The van der Waals surface area contributed by atoms with Crippen LogP contribution < -0.4 is 9.64 Å². The second-order valence-corrected chi connectivity index (χ2v) is 8.69. The van der Waals surface area contributed by atoms with Crippen molar-refractivity contribution in [1.82, 2.24) is 0 Å². The number of ether oxygens (including phenoxy) is 1. The third-order valence-electron chi connectivity index (χ3n) is 6.23. The van der Waals surface area contributed by atoms with Crippen molar-refractivity contribution in [2.45, 2.75) is 34.6 Å². The van der Waals surface area contributed by atoms with Gasteiger partial charge in [0.1, 0.15) is 28.7 Å². The first kappa shape index (κ1) is 23.1. The average molecular weight is 456 g/mol. The van der Waals surface area contributed by atoms with Crippen LogP contribution in [0.5, 0.6) is 28.7 Å². The average Bonchev–Trinajstić information content (AvgIpc) is 2.78. The maximum atomic E-state index is 10.4. The van der Waals surface area contributed by atoms with Crippen LogP contribution in [0.3, 0.4) is 0 Å². The summed E-state index contributed by atoms with van der Waals surface area (Å²) in [5, 5.41) is 30.5. The van der Waals surface area contributed by atoms with Crippen LogP contribution in [0.2, 0.25) is 0 Å². The van der Waals surface area contributed by atoms with Gasteiger partial charge in [-0.3, -0.25) is 0 Å². The molecule has 4 aromatic carbocycles. The summed E-state index contributed by atoms with van der Waals surface area (Å²) in [7, 11) is 0. The lowest BCUT2D eigenvalue weighted by Crippen LogP contribution is -2.13. The molecule has 3 N–H and O–H groups in total. The summed E-state index contributed by atoms with van der Waals surface area (Å²) in [6, 6.07) is 19.7. The van der Waals surface area contributed by atoms with Gasteiger partial charge in [-0.2, -0.15) is 0 Å². The summed E-state index contributed by atoms with van der Waals surface area (Å²) >= 11 is 0. The van der Waals surface area contributed by atoms with Crippen LogP contribution in [0.1, 0.15) is 27.8 Å². The van der Waals surface area contributed by atoms with Gasteiger partial charge in [0.2, 0.25) is 0 Å². The van der Waals surface area contributed by atoms with Crippen molar-refractivity contribution >= 4 is 17.1 Å². The third-order valence-corrected chi connectivity index (χ3v) is 6.23. The minimum Gasteiger partial charge on any atom is -0.508 e. The Morgan fingerprint density at radius 2 is 1.06 bits per heavy atom. The third kappa shape index (κ3) is 4.50. The van der Waals surface area contributed by atoms with Gasteiger partial charge in [-0.15, -0.1) is 0 Å². The van der Waals surface area contributed by atoms with Crippen molar-refractivity contribution in [3.63, 3.8) is 0 Å². The Morgan fingerprint density at radius 3 is 1.56 bits per heavy atom. The second kappa shape index (κ2) is 9.02. The Hall–Kier alpha value is -4.12. The predicted octanol–water partition coefficient (Wildman–Crippen LogP) is 7.61. The summed E-state index contributed by atoms with van der Waals surface area (Å²) in [6.45, 7) is 9.80. The molecule has 5 heteroatoms. The Balaban J connectivity index is 1.81. The van der Waals surface area contributed by atoms with E-state index < -0.39 is 0 Å². The number of hydrogen-bond donors (Lipinski definition) is 3. The van der Waals surface area contributed by atoms with Crippen LogP contribution in [-0.4, -0.2) is 15.3 Å². The molecule has 0 unspecified atom stereocenters. The quantitative estimate of drug-likeness (QED) is 0.289. The predicted molar refractivity (Wildman–Crippen MR) is 136 cm³/mol. The molecule has 5 nitrogen and oxygen atoms in total. The minimum absolute atomic E-state index is 0.181. The first-order valence-corrected chi connectivity index (χ1v) is 11.1. The number of phenols is 3. The number of hydrogen-bond acceptors (Lipinski definition) is 5. The Labute approximate surface area is 200 Å². The molecule has 0 aromatic heterocycles. The highest BCUT2D eigenvalue weighted by atomic mass is 16.5. The van der Waals surface area contributed by atoms with Crippen molar-refractivity contribution in [1.29, 1.82) is 0 Å². The highest BCUT2D eigenvalue weighted by molar-refractivity contribution is 5.82. The van der Waals surface area contributed by atoms with Gasteiger partial charge in [-0.25, -0.2) is 0 Å². The van der Waals surface area contributed by atoms with Crippen LogP contribution in [0.4, 0.5) is 17.1 Å². The summed E-state index contributed by atoms with van der Waals surface area (Å²) in [6.07, 6.45) is 0. The van der Waals surface area contributed by atoms with E-state index in [0.29, 0.717) is 11.5 Å². The first-order chi connectivity index (χ1) is 16.1. The van der Waals surface area contributed by atoms with Crippen molar-refractivity contribution < 1.29 is 20.1 Å². The van der Waals surface area contributed by atoms with E-state index in [-0.39, 0.29) is 17.2 Å². The van der Waals surface area contributed by atoms with E-state index in [0.717, 1.165) is 44.9 Å². The largest absolute Gasteiger partial charge is 0.508 e. The molecule has 4 aromatic rings. The van der Waals surface area contributed by atoms with Gasteiger partial charge in [0.05, 0.1) is 11.4 Å². The van der Waals surface area contributed by atoms with Gasteiger partial charge in [0.25, 0.3) is 0 Å². The Kier molecular flexibility index (Phi) is 6.12. The van der Waals surface area contributed by atoms with Gasteiger partial charge in [-0.05, 0) is 117 Å². The van der Waals surface area contributed by atoms with E-state index in [9.17, 15) is 15.3 Å². The van der Waals surface area contributed by atoms with Crippen LogP contribution in [0.15, 0.2) is 66.7 Å². The molecule has 0 saturated heterocycles. The molecular formula is C29H29NO4. The fourth-order valence-electron chi connectivity index (χ4n) is 4.01. The molecule has 34 heavy (non-hydrogen) atoms. The molecule has 0 aliphatic heterocycles. The van der Waals surface area contributed by atoms with Gasteiger partial charge >= 0.3 is 0 Å². The summed E-state index contributed by atoms with van der Waals surface area (Å²) < 4.78 is 5.97. The highest BCUT2D eigenvalue weighted by Gasteiger charge is 2.20. The molecule has 0 spiro atoms. The van der Waals surface area contributed by atoms with Crippen LogP contribution in [0.25, 0.3) is 0 Å². The summed E-state index contributed by atoms with van der Waals surface area (Å²) in [5.41, 5.74) is 7.24. The molecule has 0 saturated carbocycles. The Morgan fingerprint density at radius 1 is 0.559 bits per heavy atom. The molecule has 0 fully saturated rings. The zero-order chi connectivity index (χ0) is 24.6. The molecule has 0 amide bonds. The van der Waals surface area contributed by atoms with Gasteiger partial charge in [0, 0.05) is 17.8 Å². The summed E-state index contributed by atoms with van der Waals surface area (Å²) in [5.74, 6) is 1.88. The summed E-state index contributed by atoms with van der Waals surface area (Å²) in [4.78, 5) is 2.04. The lowest BCUT2D eigenvalue weighted by atomic mass is 10.0. The molecule has 0 aliphatic carbocycles. The number of aromatic hydroxyl groups is 3. The van der Waals surface area contributed by atoms with Crippen LogP contribution in [0, 0.1) is 34.6 Å². The maximum absolute atomic E-state index is 10.4. The smallest absolute Gasteiger partial charge is 0.127 e. The van der Waals surface area contributed by atoms with Gasteiger partial charge in [-0.1, -0.05) is 0 Å². The molecular weight excluding hydrogens is 426 g/mol. The maximum Gasteiger partial charge on any atom is 0.127 e. The topological polar surface area (TPSA) is 73.2 Å². The molecule has 0 radical (unpaired) electrons. The molecule has 0 heterocycles. The van der Waals surface area contributed by atoms with Gasteiger partial charge in [0.15, 0.2) is 0 Å². The SMILES string of the molecule is Cc1cc(Oc2ccc(N(c3cc(O)cc(C)c3C)c3cc(O)cc(C)c3C)cc2)ccc1O. The standard InChI is InChI=1S/C29H29NO4/c1-17-12-23(31)15-27(20(17)4)30(28-16-24(32)13-18(2)21(28)5)22-6-8-25(9-7-22)34-26-10-11-29(33)19(3)14-26/h6-16,31-33H,1-5H3. The van der Waals surface area contributed by atoms with Gasteiger partial charge < -0.3 is 25.0 Å². The number of rotatable bonds is 5. The lowest BCUT2D eigenvalue weighted by Gasteiger charge is -2.30. The molecule has 4 rings (SSSR count). The highest BCUT2D eigenvalue weighted by Crippen LogP contribution is 2.43. The monoisotopic (exact) mass is 455 g/mol. The lowest BCUT2D eigenvalue weighted by molar-refractivity contribution is 0.460. The van der Waals surface area contributed by atoms with E-state index in [1.807, 2.05) is 63.8 Å². The van der Waals surface area contributed by atoms with Crippen LogP contribution in [-0.2, 0) is 0 Å². The van der Waals surface area contributed by atoms with Crippen LogP contribution >= 0.6 is 0 Å². The zero-order valence-corrected chi connectivity index (χ0v) is 20.0. The molecule has 174 valence electrons. The van der Waals surface area contributed by atoms with E-state index in [1.54, 1.807) is 42.5 Å². The number of phenolic OH excluding ortho intramolecular Hbond substituents is 3. The van der Waals surface area contributed by atoms with Crippen molar-refractivity contribution in [2.24, 2.45) is 0 Å². The first-order valence-electron chi connectivity index (χ1n) is 11.1. The molecule has 0 atom stereocenters. The van der Waals surface area contributed by atoms with E-state index >= 15 is 0 Å². The van der Waals surface area contributed by atoms with Crippen molar-refractivity contribution in [3.05, 3.63) is 94.5 Å². The van der Waals surface area contributed by atoms with E-state index in [1.165, 1.54) is 0 Å². The van der Waals surface area contributed by atoms with Crippen molar-refractivity contribution in [3.8, 4) is 28.7 Å². The molecule has 0 bridgehead atoms. The van der Waals surface area contributed by atoms with Crippen molar-refractivity contribution in [2.75, 3.05) is 4.90 Å². The van der Waals surface area contributed by atoms with E-state index in [4.69, 9.17) is 4.74 Å². The fourth-order valence-corrected chi connectivity index (χ4v) is 4.01. The minimum atomic E-state index is 0.181. The number of anilines is 3. The fraction of sp³-hybridized carbons (Fsp3) is 0.172. The Bertz CT molecular complexity index is 1300. The number of benzene rings is 4. The second-order valence-electron chi connectivity index (χ2n) is 8.69.